The standard InChI is InChI=1S/C20H28N6O3/c1-2-3-16(20(28)29)17(18-22-24-25-23-18)12-13-4-6-14(7-5-13)19(27)26-10-8-15(21)9-11-26/h4-7,15-17H,2-3,8-12,21H2,1H3,(H,28,29)(H,22,23,24,25)/t16-,17-/m0/s1. The molecule has 29 heavy (non-hydrogen) atoms. The summed E-state index contributed by atoms with van der Waals surface area (Å²) in [6.07, 6.45) is 3.39. The first-order valence-corrected chi connectivity index (χ1v) is 10.1. The van der Waals surface area contributed by atoms with Crippen LogP contribution < -0.4 is 5.73 Å². The van der Waals surface area contributed by atoms with E-state index < -0.39 is 17.8 Å². The number of hydrogen-bond acceptors (Lipinski definition) is 6. The number of tetrazole rings is 1. The molecule has 0 saturated carbocycles. The van der Waals surface area contributed by atoms with Crippen molar-refractivity contribution in [1.82, 2.24) is 25.5 Å². The topological polar surface area (TPSA) is 138 Å². The number of piperidine rings is 1. The van der Waals surface area contributed by atoms with Gasteiger partial charge < -0.3 is 15.7 Å². The molecular weight excluding hydrogens is 372 g/mol. The van der Waals surface area contributed by atoms with Crippen LogP contribution in [0.4, 0.5) is 0 Å². The van der Waals surface area contributed by atoms with Crippen molar-refractivity contribution < 1.29 is 14.7 Å². The number of nitrogens with two attached hydrogens (primary N) is 1. The number of benzene rings is 1. The molecule has 1 aliphatic heterocycles. The number of amides is 1. The monoisotopic (exact) mass is 400 g/mol. The Labute approximate surface area is 169 Å². The Balaban J connectivity index is 1.73. The highest BCUT2D eigenvalue weighted by Gasteiger charge is 2.32. The quantitative estimate of drug-likeness (QED) is 0.611. The van der Waals surface area contributed by atoms with Gasteiger partial charge in [-0.1, -0.05) is 30.7 Å². The van der Waals surface area contributed by atoms with Crippen molar-refractivity contribution in [2.45, 2.75) is 51.0 Å². The molecule has 4 N–H and O–H groups in total. The van der Waals surface area contributed by atoms with Crippen molar-refractivity contribution in [3.8, 4) is 0 Å². The second-order valence-corrected chi connectivity index (χ2v) is 7.64. The van der Waals surface area contributed by atoms with Crippen molar-refractivity contribution >= 4 is 11.9 Å². The highest BCUT2D eigenvalue weighted by molar-refractivity contribution is 5.94. The first-order valence-electron chi connectivity index (χ1n) is 10.1. The average molecular weight is 400 g/mol. The molecule has 1 fully saturated rings. The Morgan fingerprint density at radius 1 is 1.28 bits per heavy atom. The van der Waals surface area contributed by atoms with Crippen molar-refractivity contribution in [2.24, 2.45) is 11.7 Å². The minimum Gasteiger partial charge on any atom is -0.481 e. The van der Waals surface area contributed by atoms with E-state index in [0.29, 0.717) is 37.3 Å². The lowest BCUT2D eigenvalue weighted by Crippen LogP contribution is -2.42. The lowest BCUT2D eigenvalue weighted by molar-refractivity contribution is -0.143. The van der Waals surface area contributed by atoms with Crippen molar-refractivity contribution in [3.63, 3.8) is 0 Å². The Morgan fingerprint density at radius 2 is 1.97 bits per heavy atom. The van der Waals surface area contributed by atoms with Gasteiger partial charge in [0.15, 0.2) is 5.82 Å². The van der Waals surface area contributed by atoms with Gasteiger partial charge in [0.2, 0.25) is 0 Å². The first kappa shape index (κ1) is 20.9. The van der Waals surface area contributed by atoms with Crippen LogP contribution in [0.2, 0.25) is 0 Å². The molecule has 0 aliphatic carbocycles. The van der Waals surface area contributed by atoms with Gasteiger partial charge in [0.05, 0.1) is 5.92 Å². The molecule has 1 amide bonds. The van der Waals surface area contributed by atoms with Gasteiger partial charge in [0.25, 0.3) is 5.91 Å². The van der Waals surface area contributed by atoms with E-state index in [1.165, 1.54) is 0 Å². The van der Waals surface area contributed by atoms with Crippen molar-refractivity contribution in [2.75, 3.05) is 13.1 Å². The lowest BCUT2D eigenvalue weighted by atomic mass is 9.83. The summed E-state index contributed by atoms with van der Waals surface area (Å²) >= 11 is 0. The number of hydrogen-bond donors (Lipinski definition) is 3. The average Bonchev–Trinajstić information content (AvgIpc) is 3.25. The molecule has 1 saturated heterocycles. The summed E-state index contributed by atoms with van der Waals surface area (Å²) < 4.78 is 0. The first-order chi connectivity index (χ1) is 14.0. The second kappa shape index (κ2) is 9.60. The van der Waals surface area contributed by atoms with E-state index in [1.807, 2.05) is 24.0 Å². The summed E-state index contributed by atoms with van der Waals surface area (Å²) in [5.74, 6) is -1.45. The number of carbonyl (C=O) groups excluding carboxylic acids is 1. The number of carboxylic acid groups (broad SMARTS) is 1. The minimum atomic E-state index is -0.864. The molecule has 9 nitrogen and oxygen atoms in total. The van der Waals surface area contributed by atoms with Crippen LogP contribution in [0.25, 0.3) is 0 Å². The van der Waals surface area contributed by atoms with Crippen LogP contribution in [0.5, 0.6) is 0 Å². The molecule has 1 aliphatic rings. The normalized spacial score (nSPS) is 17.1. The summed E-state index contributed by atoms with van der Waals surface area (Å²) in [6.45, 7) is 3.31. The third-order valence-electron chi connectivity index (χ3n) is 5.58. The number of aromatic nitrogens is 4. The minimum absolute atomic E-state index is 0.00700. The van der Waals surface area contributed by atoms with Crippen LogP contribution in [-0.4, -0.2) is 61.6 Å². The Hall–Kier alpha value is -2.81. The fourth-order valence-electron chi connectivity index (χ4n) is 3.87. The fraction of sp³-hybridized carbons (Fsp3) is 0.550. The molecule has 2 aromatic rings. The zero-order chi connectivity index (χ0) is 20.8. The van der Waals surface area contributed by atoms with Crippen molar-refractivity contribution in [3.05, 3.63) is 41.2 Å². The van der Waals surface area contributed by atoms with E-state index >= 15 is 0 Å². The third kappa shape index (κ3) is 5.17. The number of aliphatic carboxylic acids is 1. The van der Waals surface area contributed by atoms with Crippen LogP contribution in [-0.2, 0) is 11.2 Å². The molecular formula is C20H28N6O3. The molecule has 2 atom stereocenters. The molecule has 9 heteroatoms. The highest BCUT2D eigenvalue weighted by Crippen LogP contribution is 2.30. The molecule has 1 aromatic carbocycles. The smallest absolute Gasteiger partial charge is 0.307 e. The van der Waals surface area contributed by atoms with E-state index in [1.54, 1.807) is 12.1 Å². The maximum Gasteiger partial charge on any atom is 0.307 e. The van der Waals surface area contributed by atoms with Crippen molar-refractivity contribution in [1.29, 1.82) is 0 Å². The third-order valence-corrected chi connectivity index (χ3v) is 5.58. The Bertz CT molecular complexity index is 800. The predicted octanol–water partition coefficient (Wildman–Crippen LogP) is 1.59. The SMILES string of the molecule is CCC[C@H](C(=O)O)[C@H](Cc1ccc(C(=O)N2CCC(N)CC2)cc1)c1nn[nH]n1. The number of nitrogens with one attached hydrogen (secondary N) is 1. The summed E-state index contributed by atoms with van der Waals surface area (Å²) in [5, 5.41) is 23.8. The van der Waals surface area contributed by atoms with E-state index in [9.17, 15) is 14.7 Å². The lowest BCUT2D eigenvalue weighted by Gasteiger charge is -2.30. The fourth-order valence-corrected chi connectivity index (χ4v) is 3.87. The van der Waals surface area contributed by atoms with E-state index in [0.717, 1.165) is 24.8 Å². The zero-order valence-electron chi connectivity index (χ0n) is 16.6. The van der Waals surface area contributed by atoms with Gasteiger partial charge in [0, 0.05) is 30.6 Å². The highest BCUT2D eigenvalue weighted by atomic mass is 16.4. The van der Waals surface area contributed by atoms with Gasteiger partial charge in [-0.2, -0.15) is 5.21 Å². The van der Waals surface area contributed by atoms with Gasteiger partial charge in [-0.05, 0) is 43.4 Å². The zero-order valence-corrected chi connectivity index (χ0v) is 16.6. The van der Waals surface area contributed by atoms with Gasteiger partial charge in [0.1, 0.15) is 0 Å². The number of H-pyrrole nitrogens is 1. The van der Waals surface area contributed by atoms with Gasteiger partial charge >= 0.3 is 5.97 Å². The molecule has 2 heterocycles. The van der Waals surface area contributed by atoms with Crippen LogP contribution in [0.1, 0.15) is 60.3 Å². The molecule has 0 radical (unpaired) electrons. The summed E-state index contributed by atoms with van der Waals surface area (Å²) in [5.41, 5.74) is 7.47. The van der Waals surface area contributed by atoms with Crippen LogP contribution >= 0.6 is 0 Å². The maximum atomic E-state index is 12.7. The van der Waals surface area contributed by atoms with E-state index in [4.69, 9.17) is 5.73 Å². The van der Waals surface area contributed by atoms with Crippen LogP contribution in [0.3, 0.4) is 0 Å². The van der Waals surface area contributed by atoms with Gasteiger partial charge in [-0.3, -0.25) is 9.59 Å². The van der Waals surface area contributed by atoms with Gasteiger partial charge in [-0.25, -0.2) is 0 Å². The van der Waals surface area contributed by atoms with Crippen LogP contribution in [0.15, 0.2) is 24.3 Å². The van der Waals surface area contributed by atoms with E-state index in [-0.39, 0.29) is 11.9 Å². The number of aromatic amines is 1. The second-order valence-electron chi connectivity index (χ2n) is 7.64. The number of nitrogens with zero attached hydrogens (tertiary/aromatic N) is 4. The van der Waals surface area contributed by atoms with E-state index in [2.05, 4.69) is 20.6 Å². The summed E-state index contributed by atoms with van der Waals surface area (Å²) in [7, 11) is 0. The summed E-state index contributed by atoms with van der Waals surface area (Å²) in [4.78, 5) is 26.3. The molecule has 3 rings (SSSR count). The Morgan fingerprint density at radius 3 is 2.52 bits per heavy atom. The molecule has 0 spiro atoms. The largest absolute Gasteiger partial charge is 0.481 e. The molecule has 0 bridgehead atoms. The molecule has 0 unspecified atom stereocenters. The van der Waals surface area contributed by atoms with Gasteiger partial charge in [-0.15, -0.1) is 10.2 Å². The Kier molecular flexibility index (Phi) is 6.92. The molecule has 1 aromatic heterocycles. The summed E-state index contributed by atoms with van der Waals surface area (Å²) in [6, 6.07) is 7.53. The number of carboxylic acids is 1. The van der Waals surface area contributed by atoms with Crippen LogP contribution in [0, 0.1) is 5.92 Å². The molecule has 156 valence electrons. The number of carbonyl (C=O) groups is 2. The maximum absolute atomic E-state index is 12.7. The number of likely N-dealkylation sites (tertiary alicyclic amines) is 1. The predicted molar refractivity (Wildman–Crippen MR) is 106 cm³/mol. The number of rotatable bonds is 8.